The number of nitriles is 1. The summed E-state index contributed by atoms with van der Waals surface area (Å²) in [5, 5.41) is 12.5. The molecular formula is C12H5FN4OS. The SMILES string of the molecule is N#Cc1ccc(-c2nc(-c3ccc(F)cn3)no2)s1. The first kappa shape index (κ1) is 11.5. The summed E-state index contributed by atoms with van der Waals surface area (Å²) in [6.45, 7) is 0. The maximum Gasteiger partial charge on any atom is 0.268 e. The van der Waals surface area contributed by atoms with Gasteiger partial charge in [-0.3, -0.25) is 0 Å². The van der Waals surface area contributed by atoms with Gasteiger partial charge >= 0.3 is 0 Å². The van der Waals surface area contributed by atoms with Gasteiger partial charge < -0.3 is 4.52 Å². The van der Waals surface area contributed by atoms with Crippen molar-refractivity contribution in [1.29, 1.82) is 5.26 Å². The summed E-state index contributed by atoms with van der Waals surface area (Å²) in [7, 11) is 0. The molecule has 0 amide bonds. The van der Waals surface area contributed by atoms with Gasteiger partial charge in [0.1, 0.15) is 22.5 Å². The fourth-order valence-electron chi connectivity index (χ4n) is 1.45. The number of halogens is 1. The van der Waals surface area contributed by atoms with E-state index in [0.717, 1.165) is 6.20 Å². The molecule has 7 heteroatoms. The molecule has 3 rings (SSSR count). The van der Waals surface area contributed by atoms with Gasteiger partial charge in [-0.05, 0) is 24.3 Å². The van der Waals surface area contributed by atoms with Crippen LogP contribution in [0.3, 0.4) is 0 Å². The number of aromatic nitrogens is 3. The predicted octanol–water partition coefficient (Wildman–Crippen LogP) is 2.87. The molecule has 0 atom stereocenters. The van der Waals surface area contributed by atoms with E-state index in [1.165, 1.54) is 23.5 Å². The summed E-state index contributed by atoms with van der Waals surface area (Å²) in [5.41, 5.74) is 0.425. The molecule has 0 saturated carbocycles. The lowest BCUT2D eigenvalue weighted by Gasteiger charge is -1.91. The van der Waals surface area contributed by atoms with E-state index < -0.39 is 5.82 Å². The van der Waals surface area contributed by atoms with E-state index in [0.29, 0.717) is 21.3 Å². The van der Waals surface area contributed by atoms with Crippen LogP contribution in [0.5, 0.6) is 0 Å². The van der Waals surface area contributed by atoms with Crippen molar-refractivity contribution in [3.63, 3.8) is 0 Å². The predicted molar refractivity (Wildman–Crippen MR) is 65.5 cm³/mol. The summed E-state index contributed by atoms with van der Waals surface area (Å²) < 4.78 is 17.9. The molecule has 0 aromatic carbocycles. The standard InChI is InChI=1S/C12H5FN4OS/c13-7-1-3-9(15-6-7)11-16-12(18-17-11)10-4-2-8(5-14)19-10/h1-4,6H. The first-order chi connectivity index (χ1) is 9.26. The monoisotopic (exact) mass is 272 g/mol. The van der Waals surface area contributed by atoms with Crippen molar-refractivity contribution < 1.29 is 8.91 Å². The highest BCUT2D eigenvalue weighted by atomic mass is 32.1. The van der Waals surface area contributed by atoms with E-state index in [2.05, 4.69) is 15.1 Å². The third kappa shape index (κ3) is 2.21. The van der Waals surface area contributed by atoms with E-state index in [9.17, 15) is 4.39 Å². The Morgan fingerprint density at radius 3 is 2.84 bits per heavy atom. The van der Waals surface area contributed by atoms with Crippen LogP contribution in [0, 0.1) is 17.1 Å². The minimum absolute atomic E-state index is 0.280. The van der Waals surface area contributed by atoms with Crippen LogP contribution in [-0.4, -0.2) is 15.1 Å². The van der Waals surface area contributed by atoms with Gasteiger partial charge in [0.15, 0.2) is 0 Å². The van der Waals surface area contributed by atoms with E-state index in [1.54, 1.807) is 12.1 Å². The summed E-state index contributed by atoms with van der Waals surface area (Å²) in [6.07, 6.45) is 1.09. The number of hydrogen-bond donors (Lipinski definition) is 0. The van der Waals surface area contributed by atoms with Gasteiger partial charge in [-0.1, -0.05) is 5.16 Å². The van der Waals surface area contributed by atoms with Gasteiger partial charge in [-0.2, -0.15) is 10.2 Å². The Morgan fingerprint density at radius 1 is 1.26 bits per heavy atom. The zero-order valence-corrected chi connectivity index (χ0v) is 10.2. The fraction of sp³-hybridized carbons (Fsp3) is 0. The van der Waals surface area contributed by atoms with Crippen LogP contribution in [0.15, 0.2) is 35.0 Å². The van der Waals surface area contributed by atoms with Crippen molar-refractivity contribution in [2.75, 3.05) is 0 Å². The molecule has 3 aromatic rings. The fourth-order valence-corrected chi connectivity index (χ4v) is 2.17. The second-order valence-corrected chi connectivity index (χ2v) is 4.64. The first-order valence-corrected chi connectivity index (χ1v) is 6.04. The van der Waals surface area contributed by atoms with Crippen molar-refractivity contribution in [3.05, 3.63) is 41.2 Å². The van der Waals surface area contributed by atoms with Crippen LogP contribution in [0.4, 0.5) is 4.39 Å². The molecule has 5 nitrogen and oxygen atoms in total. The Balaban J connectivity index is 1.95. The van der Waals surface area contributed by atoms with Crippen molar-refractivity contribution in [1.82, 2.24) is 15.1 Å². The highest BCUT2D eigenvalue weighted by molar-refractivity contribution is 7.15. The zero-order chi connectivity index (χ0) is 13.2. The Bertz CT molecular complexity index is 757. The van der Waals surface area contributed by atoms with Gasteiger partial charge in [0.05, 0.1) is 11.1 Å². The average Bonchev–Trinajstić information content (AvgIpc) is 3.08. The molecule has 92 valence electrons. The van der Waals surface area contributed by atoms with Crippen molar-refractivity contribution >= 4 is 11.3 Å². The smallest absolute Gasteiger partial charge is 0.268 e. The number of nitrogens with zero attached hydrogens (tertiary/aromatic N) is 4. The van der Waals surface area contributed by atoms with Crippen LogP contribution in [0.1, 0.15) is 4.88 Å². The molecule has 0 spiro atoms. The Labute approximate surface area is 111 Å². The van der Waals surface area contributed by atoms with Crippen molar-refractivity contribution in [2.24, 2.45) is 0 Å². The van der Waals surface area contributed by atoms with E-state index in [1.807, 2.05) is 6.07 Å². The van der Waals surface area contributed by atoms with Gasteiger partial charge in [0, 0.05) is 0 Å². The van der Waals surface area contributed by atoms with Gasteiger partial charge in [0.25, 0.3) is 5.89 Å². The first-order valence-electron chi connectivity index (χ1n) is 5.22. The minimum Gasteiger partial charge on any atom is -0.333 e. The second kappa shape index (κ2) is 4.59. The normalized spacial score (nSPS) is 10.3. The Hall–Kier alpha value is -2.59. The molecular weight excluding hydrogens is 267 g/mol. The zero-order valence-electron chi connectivity index (χ0n) is 9.37. The molecule has 0 aliphatic carbocycles. The molecule has 0 bridgehead atoms. The van der Waals surface area contributed by atoms with Gasteiger partial charge in [-0.15, -0.1) is 11.3 Å². The number of rotatable bonds is 2. The van der Waals surface area contributed by atoms with Crippen LogP contribution in [0.25, 0.3) is 22.3 Å². The molecule has 3 heterocycles. The lowest BCUT2D eigenvalue weighted by molar-refractivity contribution is 0.433. The molecule has 3 aromatic heterocycles. The number of thiophene rings is 1. The van der Waals surface area contributed by atoms with E-state index >= 15 is 0 Å². The molecule has 0 radical (unpaired) electrons. The maximum absolute atomic E-state index is 12.8. The third-order valence-corrected chi connectivity index (χ3v) is 3.29. The quantitative estimate of drug-likeness (QED) is 0.717. The van der Waals surface area contributed by atoms with Gasteiger partial charge in [0.2, 0.25) is 5.82 Å². The summed E-state index contributed by atoms with van der Waals surface area (Å²) >= 11 is 1.26. The highest BCUT2D eigenvalue weighted by Gasteiger charge is 2.13. The van der Waals surface area contributed by atoms with Crippen LogP contribution in [0.2, 0.25) is 0 Å². The molecule has 0 aliphatic heterocycles. The summed E-state index contributed by atoms with van der Waals surface area (Å²) in [6, 6.07) is 8.20. The third-order valence-electron chi connectivity index (χ3n) is 2.31. The molecule has 0 N–H and O–H groups in total. The largest absolute Gasteiger partial charge is 0.333 e. The lowest BCUT2D eigenvalue weighted by atomic mass is 10.3. The van der Waals surface area contributed by atoms with Crippen LogP contribution < -0.4 is 0 Å². The molecule has 19 heavy (non-hydrogen) atoms. The molecule has 0 saturated heterocycles. The molecule has 0 unspecified atom stereocenters. The van der Waals surface area contributed by atoms with Crippen molar-refractivity contribution in [2.45, 2.75) is 0 Å². The minimum atomic E-state index is -0.426. The maximum atomic E-state index is 12.8. The lowest BCUT2D eigenvalue weighted by Crippen LogP contribution is -1.86. The summed E-state index contributed by atoms with van der Waals surface area (Å²) in [4.78, 5) is 9.30. The Morgan fingerprint density at radius 2 is 2.16 bits per heavy atom. The van der Waals surface area contributed by atoms with Crippen LogP contribution in [-0.2, 0) is 0 Å². The van der Waals surface area contributed by atoms with Crippen molar-refractivity contribution in [3.8, 4) is 28.4 Å². The second-order valence-electron chi connectivity index (χ2n) is 3.56. The highest BCUT2D eigenvalue weighted by Crippen LogP contribution is 2.27. The van der Waals surface area contributed by atoms with Gasteiger partial charge in [-0.25, -0.2) is 9.37 Å². The number of pyridine rings is 1. The Kier molecular flexibility index (Phi) is 2.78. The molecule has 0 fully saturated rings. The van der Waals surface area contributed by atoms with Crippen LogP contribution >= 0.6 is 11.3 Å². The number of hydrogen-bond acceptors (Lipinski definition) is 6. The molecule has 0 aliphatic rings. The summed E-state index contributed by atoms with van der Waals surface area (Å²) in [5.74, 6) is 0.166. The average molecular weight is 272 g/mol. The van der Waals surface area contributed by atoms with E-state index in [4.69, 9.17) is 9.78 Å². The van der Waals surface area contributed by atoms with E-state index in [-0.39, 0.29) is 5.82 Å². The topological polar surface area (TPSA) is 75.6 Å².